The van der Waals surface area contributed by atoms with Gasteiger partial charge in [0.25, 0.3) is 0 Å². The summed E-state index contributed by atoms with van der Waals surface area (Å²) in [6.45, 7) is 3.52. The Kier molecular flexibility index (Phi) is 4.13. The van der Waals surface area contributed by atoms with Gasteiger partial charge in [-0.2, -0.15) is 0 Å². The summed E-state index contributed by atoms with van der Waals surface area (Å²) < 4.78 is 0.790. The Balaban J connectivity index is 2.96. The summed E-state index contributed by atoms with van der Waals surface area (Å²) >= 11 is 9.29. The maximum Gasteiger partial charge on any atom is 0.241 e. The van der Waals surface area contributed by atoms with E-state index in [1.807, 2.05) is 13.0 Å². The molecule has 1 aromatic carbocycles. The molecule has 0 aromatic heterocycles. The molecule has 1 aromatic rings. The molecular weight excluding hydrogens is 279 g/mol. The number of benzene rings is 1. The van der Waals surface area contributed by atoms with E-state index < -0.39 is 6.04 Å². The molecule has 0 aliphatic carbocycles. The van der Waals surface area contributed by atoms with Crippen molar-refractivity contribution in [3.63, 3.8) is 0 Å². The summed E-state index contributed by atoms with van der Waals surface area (Å²) in [6.07, 6.45) is 0. The van der Waals surface area contributed by atoms with Crippen LogP contribution in [0.1, 0.15) is 12.5 Å². The van der Waals surface area contributed by atoms with Crippen molar-refractivity contribution in [3.05, 3.63) is 27.2 Å². The monoisotopic (exact) mass is 290 g/mol. The number of nitrogens with two attached hydrogens (primary N) is 1. The first kappa shape index (κ1) is 12.5. The predicted octanol–water partition coefficient (Wildman–Crippen LogP) is 2.70. The van der Waals surface area contributed by atoms with Crippen LogP contribution in [0.15, 0.2) is 16.6 Å². The minimum Gasteiger partial charge on any atom is -0.324 e. The topological polar surface area (TPSA) is 55.1 Å². The third-order valence-electron chi connectivity index (χ3n) is 1.92. The van der Waals surface area contributed by atoms with E-state index in [0.29, 0.717) is 10.7 Å². The number of carbonyl (C=O) groups is 1. The van der Waals surface area contributed by atoms with Gasteiger partial charge in [-0.15, -0.1) is 0 Å². The van der Waals surface area contributed by atoms with E-state index >= 15 is 0 Å². The quantitative estimate of drug-likeness (QED) is 0.880. The molecule has 3 N–H and O–H groups in total. The fourth-order valence-corrected chi connectivity index (χ4v) is 1.71. The Morgan fingerprint density at radius 3 is 2.73 bits per heavy atom. The van der Waals surface area contributed by atoms with Gasteiger partial charge in [0.05, 0.1) is 11.7 Å². The summed E-state index contributed by atoms with van der Waals surface area (Å²) in [5.41, 5.74) is 7.02. The molecule has 1 amide bonds. The van der Waals surface area contributed by atoms with E-state index in [1.165, 1.54) is 0 Å². The Morgan fingerprint density at radius 2 is 2.20 bits per heavy atom. The normalized spacial score (nSPS) is 12.3. The number of hydrogen-bond acceptors (Lipinski definition) is 2. The van der Waals surface area contributed by atoms with Gasteiger partial charge in [0.2, 0.25) is 5.91 Å². The summed E-state index contributed by atoms with van der Waals surface area (Å²) in [6, 6.07) is 3.00. The molecule has 5 heteroatoms. The van der Waals surface area contributed by atoms with Crippen LogP contribution in [-0.4, -0.2) is 11.9 Å². The summed E-state index contributed by atoms with van der Waals surface area (Å²) in [5.74, 6) is -0.240. The molecule has 82 valence electrons. The first-order valence-electron chi connectivity index (χ1n) is 4.44. The average Bonchev–Trinajstić information content (AvgIpc) is 2.13. The van der Waals surface area contributed by atoms with Gasteiger partial charge in [-0.25, -0.2) is 0 Å². The maximum atomic E-state index is 11.4. The molecule has 0 heterocycles. The maximum absolute atomic E-state index is 11.4. The van der Waals surface area contributed by atoms with Gasteiger partial charge in [-0.05, 0) is 47.5 Å². The molecule has 3 nitrogen and oxygen atoms in total. The molecule has 0 aliphatic heterocycles. The van der Waals surface area contributed by atoms with Gasteiger partial charge < -0.3 is 11.1 Å². The highest BCUT2D eigenvalue weighted by Gasteiger charge is 2.10. The second kappa shape index (κ2) is 4.96. The fraction of sp³-hybridized carbons (Fsp3) is 0.300. The number of hydrogen-bond donors (Lipinski definition) is 2. The van der Waals surface area contributed by atoms with Crippen LogP contribution < -0.4 is 11.1 Å². The smallest absolute Gasteiger partial charge is 0.241 e. The van der Waals surface area contributed by atoms with Crippen LogP contribution in [0.25, 0.3) is 0 Å². The molecule has 1 atom stereocenters. The van der Waals surface area contributed by atoms with E-state index in [-0.39, 0.29) is 5.91 Å². The summed E-state index contributed by atoms with van der Waals surface area (Å²) in [4.78, 5) is 11.4. The number of rotatable bonds is 2. The van der Waals surface area contributed by atoms with Gasteiger partial charge in [0, 0.05) is 9.50 Å². The van der Waals surface area contributed by atoms with Crippen molar-refractivity contribution in [2.75, 3.05) is 5.32 Å². The molecule has 15 heavy (non-hydrogen) atoms. The van der Waals surface area contributed by atoms with Crippen LogP contribution >= 0.6 is 27.5 Å². The molecule has 1 rings (SSSR count). The van der Waals surface area contributed by atoms with Crippen molar-refractivity contribution in [3.8, 4) is 0 Å². The largest absolute Gasteiger partial charge is 0.324 e. The van der Waals surface area contributed by atoms with Crippen LogP contribution in [0.4, 0.5) is 5.69 Å². The first-order valence-corrected chi connectivity index (χ1v) is 5.61. The van der Waals surface area contributed by atoms with E-state index in [9.17, 15) is 4.79 Å². The predicted molar refractivity (Wildman–Crippen MR) is 66.2 cm³/mol. The van der Waals surface area contributed by atoms with Gasteiger partial charge in [0.1, 0.15) is 0 Å². The van der Waals surface area contributed by atoms with Crippen LogP contribution in [0.3, 0.4) is 0 Å². The highest BCUT2D eigenvalue weighted by Crippen LogP contribution is 2.29. The minimum absolute atomic E-state index is 0.240. The van der Waals surface area contributed by atoms with Crippen LogP contribution in [0, 0.1) is 6.92 Å². The van der Waals surface area contributed by atoms with Crippen molar-refractivity contribution in [1.82, 2.24) is 0 Å². The Bertz CT molecular complexity index is 393. The number of anilines is 1. The lowest BCUT2D eigenvalue weighted by atomic mass is 10.2. The van der Waals surface area contributed by atoms with Crippen molar-refractivity contribution < 1.29 is 4.79 Å². The van der Waals surface area contributed by atoms with Crippen molar-refractivity contribution in [1.29, 1.82) is 0 Å². The van der Waals surface area contributed by atoms with Crippen molar-refractivity contribution in [2.24, 2.45) is 5.73 Å². The van der Waals surface area contributed by atoms with Gasteiger partial charge in [-0.1, -0.05) is 11.6 Å². The first-order chi connectivity index (χ1) is 6.91. The van der Waals surface area contributed by atoms with E-state index in [4.69, 9.17) is 17.3 Å². The molecule has 0 aliphatic rings. The lowest BCUT2D eigenvalue weighted by Crippen LogP contribution is -2.32. The number of nitrogens with one attached hydrogen (secondary N) is 1. The van der Waals surface area contributed by atoms with Gasteiger partial charge >= 0.3 is 0 Å². The number of amides is 1. The summed E-state index contributed by atoms with van der Waals surface area (Å²) in [7, 11) is 0. The zero-order valence-electron chi connectivity index (χ0n) is 8.47. The molecule has 0 saturated heterocycles. The third kappa shape index (κ3) is 3.19. The highest BCUT2D eigenvalue weighted by atomic mass is 79.9. The Morgan fingerprint density at radius 1 is 1.60 bits per heavy atom. The molecule has 0 radical (unpaired) electrons. The average molecular weight is 292 g/mol. The third-order valence-corrected chi connectivity index (χ3v) is 2.98. The van der Waals surface area contributed by atoms with E-state index in [0.717, 1.165) is 10.0 Å². The second-order valence-corrected chi connectivity index (χ2v) is 4.62. The van der Waals surface area contributed by atoms with Crippen molar-refractivity contribution >= 4 is 39.1 Å². The zero-order valence-corrected chi connectivity index (χ0v) is 10.8. The van der Waals surface area contributed by atoms with E-state index in [2.05, 4.69) is 21.2 Å². The SMILES string of the molecule is Cc1cc(Br)c(NC(=O)[C@@H](C)N)cc1Cl. The van der Waals surface area contributed by atoms with Crippen LogP contribution in [-0.2, 0) is 4.79 Å². The molecule has 0 unspecified atom stereocenters. The van der Waals surface area contributed by atoms with Gasteiger partial charge in [0.15, 0.2) is 0 Å². The Labute approximate surface area is 102 Å². The van der Waals surface area contributed by atoms with Crippen LogP contribution in [0.2, 0.25) is 5.02 Å². The highest BCUT2D eigenvalue weighted by molar-refractivity contribution is 9.10. The lowest BCUT2D eigenvalue weighted by Gasteiger charge is -2.11. The van der Waals surface area contributed by atoms with Gasteiger partial charge in [-0.3, -0.25) is 4.79 Å². The lowest BCUT2D eigenvalue weighted by molar-refractivity contribution is -0.117. The van der Waals surface area contributed by atoms with Crippen molar-refractivity contribution in [2.45, 2.75) is 19.9 Å². The minimum atomic E-state index is -0.544. The second-order valence-electron chi connectivity index (χ2n) is 3.36. The molecule has 0 bridgehead atoms. The molecule has 0 fully saturated rings. The fourth-order valence-electron chi connectivity index (χ4n) is 0.989. The number of halogens is 2. The Hall–Kier alpha value is -0.580. The summed E-state index contributed by atoms with van der Waals surface area (Å²) in [5, 5.41) is 3.29. The zero-order chi connectivity index (χ0) is 11.6. The molecule has 0 spiro atoms. The number of aryl methyl sites for hydroxylation is 1. The number of carbonyl (C=O) groups excluding carboxylic acids is 1. The van der Waals surface area contributed by atoms with E-state index in [1.54, 1.807) is 13.0 Å². The molecule has 0 saturated carbocycles. The standard InChI is InChI=1S/C10H12BrClN2O/c1-5-3-7(11)9(4-8(5)12)14-10(15)6(2)13/h3-4,6H,13H2,1-2H3,(H,14,15)/t6-/m1/s1. The van der Waals surface area contributed by atoms with Crippen LogP contribution in [0.5, 0.6) is 0 Å². The molecular formula is C10H12BrClN2O.